The third kappa shape index (κ3) is 3.79. The number of thiazole rings is 1. The highest BCUT2D eigenvalue weighted by atomic mass is 32.2. The van der Waals surface area contributed by atoms with Gasteiger partial charge in [0, 0.05) is 28.9 Å². The lowest BCUT2D eigenvalue weighted by Gasteiger charge is -2.09. The number of thioether (sulfide) groups is 1. The van der Waals surface area contributed by atoms with E-state index in [0.717, 1.165) is 45.9 Å². The highest BCUT2D eigenvalue weighted by Crippen LogP contribution is 2.30. The Balaban J connectivity index is 1.48. The minimum absolute atomic E-state index is 0.0431. The van der Waals surface area contributed by atoms with Crippen molar-refractivity contribution in [2.24, 2.45) is 5.92 Å². The topological polar surface area (TPSA) is 72.2 Å². The first-order chi connectivity index (χ1) is 12.6. The molecule has 1 aliphatic carbocycles. The lowest BCUT2D eigenvalue weighted by Crippen LogP contribution is -2.17. The molecule has 3 aromatic heterocycles. The maximum atomic E-state index is 12.6. The molecule has 0 saturated carbocycles. The first kappa shape index (κ1) is 17.9. The Morgan fingerprint density at radius 3 is 2.96 bits per heavy atom. The van der Waals surface area contributed by atoms with Crippen LogP contribution in [0.2, 0.25) is 0 Å². The lowest BCUT2D eigenvalue weighted by molar-refractivity contribution is 0.670. The van der Waals surface area contributed by atoms with Crippen LogP contribution in [0.3, 0.4) is 0 Å². The van der Waals surface area contributed by atoms with Gasteiger partial charge in [-0.15, -0.1) is 21.5 Å². The summed E-state index contributed by atoms with van der Waals surface area (Å²) in [5.74, 6) is 1.20. The van der Waals surface area contributed by atoms with Gasteiger partial charge in [-0.05, 0) is 31.6 Å². The molecular formula is C17H21N5OS3. The molecule has 0 atom stereocenters. The number of aromatic nitrogens is 4. The van der Waals surface area contributed by atoms with E-state index in [4.69, 9.17) is 4.98 Å². The highest BCUT2D eigenvalue weighted by Gasteiger charge is 2.18. The molecular weight excluding hydrogens is 386 g/mol. The largest absolute Gasteiger partial charge is 0.360 e. The molecule has 0 radical (unpaired) electrons. The second-order valence-corrected chi connectivity index (χ2v) is 10.1. The molecule has 0 unspecified atom stereocenters. The van der Waals surface area contributed by atoms with Gasteiger partial charge in [-0.25, -0.2) is 4.98 Å². The molecule has 0 saturated heterocycles. The van der Waals surface area contributed by atoms with Crippen LogP contribution in [0, 0.1) is 5.92 Å². The summed E-state index contributed by atoms with van der Waals surface area (Å²) in [7, 11) is 0. The number of rotatable bonds is 6. The van der Waals surface area contributed by atoms with Gasteiger partial charge in [0.15, 0.2) is 9.30 Å². The summed E-state index contributed by atoms with van der Waals surface area (Å²) in [5.41, 5.74) is 2.03. The van der Waals surface area contributed by atoms with E-state index in [1.165, 1.54) is 17.0 Å². The summed E-state index contributed by atoms with van der Waals surface area (Å²) in [6.07, 6.45) is 4.43. The van der Waals surface area contributed by atoms with Crippen molar-refractivity contribution in [2.45, 2.75) is 49.6 Å². The van der Waals surface area contributed by atoms with Crippen molar-refractivity contribution in [3.8, 4) is 0 Å². The predicted molar refractivity (Wildman–Crippen MR) is 109 cm³/mol. The van der Waals surface area contributed by atoms with E-state index in [1.807, 2.05) is 4.40 Å². The fourth-order valence-electron chi connectivity index (χ4n) is 2.98. The summed E-state index contributed by atoms with van der Waals surface area (Å²) in [6.45, 7) is 5.20. The Morgan fingerprint density at radius 2 is 2.12 bits per heavy atom. The third-order valence-electron chi connectivity index (χ3n) is 4.23. The van der Waals surface area contributed by atoms with Gasteiger partial charge >= 0.3 is 0 Å². The normalized spacial score (nSPS) is 14.1. The van der Waals surface area contributed by atoms with Crippen LogP contribution in [0.4, 0.5) is 5.13 Å². The molecule has 0 aliphatic heterocycles. The van der Waals surface area contributed by atoms with Crippen LogP contribution in [0.15, 0.2) is 15.2 Å². The minimum Gasteiger partial charge on any atom is -0.360 e. The minimum atomic E-state index is 0.0431. The van der Waals surface area contributed by atoms with Crippen molar-refractivity contribution in [2.75, 3.05) is 11.9 Å². The van der Waals surface area contributed by atoms with Gasteiger partial charge in [0.05, 0.1) is 5.69 Å². The van der Waals surface area contributed by atoms with Crippen LogP contribution in [-0.2, 0) is 18.6 Å². The maximum Gasteiger partial charge on any atom is 0.259 e. The molecule has 0 aromatic carbocycles. The molecule has 0 amide bonds. The summed E-state index contributed by atoms with van der Waals surface area (Å²) in [4.78, 5) is 19.5. The van der Waals surface area contributed by atoms with Crippen molar-refractivity contribution in [3.05, 3.63) is 32.7 Å². The Morgan fingerprint density at radius 1 is 1.27 bits per heavy atom. The number of fused-ring (bicyclic) bond motifs is 3. The van der Waals surface area contributed by atoms with Crippen LogP contribution in [0.1, 0.15) is 43.0 Å². The van der Waals surface area contributed by atoms with E-state index in [9.17, 15) is 4.79 Å². The monoisotopic (exact) mass is 407 g/mol. The molecule has 0 spiro atoms. The third-order valence-corrected chi connectivity index (χ3v) is 7.42. The summed E-state index contributed by atoms with van der Waals surface area (Å²) in [6, 6.07) is 1.67. The number of nitrogens with one attached hydrogen (secondary N) is 1. The van der Waals surface area contributed by atoms with Gasteiger partial charge in [0.1, 0.15) is 0 Å². The smallest absolute Gasteiger partial charge is 0.259 e. The van der Waals surface area contributed by atoms with E-state index < -0.39 is 0 Å². The quantitative estimate of drug-likeness (QED) is 0.626. The molecule has 3 aromatic rings. The van der Waals surface area contributed by atoms with E-state index in [0.29, 0.717) is 11.7 Å². The molecule has 1 N–H and O–H groups in total. The predicted octanol–water partition coefficient (Wildman–Crippen LogP) is 3.85. The lowest BCUT2D eigenvalue weighted by atomic mass is 10.0. The van der Waals surface area contributed by atoms with Crippen LogP contribution >= 0.6 is 34.4 Å². The summed E-state index contributed by atoms with van der Waals surface area (Å²) >= 11 is 4.80. The van der Waals surface area contributed by atoms with E-state index in [1.54, 1.807) is 40.5 Å². The van der Waals surface area contributed by atoms with E-state index in [2.05, 4.69) is 29.4 Å². The van der Waals surface area contributed by atoms with Gasteiger partial charge < -0.3 is 5.32 Å². The zero-order valence-electron chi connectivity index (χ0n) is 14.8. The summed E-state index contributed by atoms with van der Waals surface area (Å²) in [5, 5.41) is 12.5. The fourth-order valence-corrected chi connectivity index (χ4v) is 5.87. The van der Waals surface area contributed by atoms with Gasteiger partial charge in [-0.1, -0.05) is 36.9 Å². The van der Waals surface area contributed by atoms with Gasteiger partial charge in [-0.2, -0.15) is 0 Å². The number of anilines is 1. The Hall–Kier alpha value is -1.45. The van der Waals surface area contributed by atoms with Crippen molar-refractivity contribution < 1.29 is 0 Å². The Kier molecular flexibility index (Phi) is 5.28. The second kappa shape index (κ2) is 7.66. The SMILES string of the molecule is CC(C)CNc1nnc(SCc2cc(=O)n3c4c(sc3n2)CCCC4)s1. The van der Waals surface area contributed by atoms with Crippen molar-refractivity contribution >= 4 is 44.5 Å². The zero-order chi connectivity index (χ0) is 18.1. The Labute approximate surface area is 164 Å². The highest BCUT2D eigenvalue weighted by molar-refractivity contribution is 8.00. The van der Waals surface area contributed by atoms with Gasteiger partial charge in [0.2, 0.25) is 5.13 Å². The fraction of sp³-hybridized carbons (Fsp3) is 0.529. The first-order valence-corrected chi connectivity index (χ1v) is 11.5. The van der Waals surface area contributed by atoms with E-state index >= 15 is 0 Å². The van der Waals surface area contributed by atoms with Crippen LogP contribution in [-0.4, -0.2) is 26.1 Å². The Bertz CT molecular complexity index is 975. The molecule has 1 aliphatic rings. The molecule has 138 valence electrons. The molecule has 0 fully saturated rings. The number of nitrogens with zero attached hydrogens (tertiary/aromatic N) is 4. The van der Waals surface area contributed by atoms with Crippen molar-refractivity contribution in [1.29, 1.82) is 0 Å². The standard InChI is InChI=1S/C17H21N5OS3/c1-10(2)8-18-15-20-21-17(26-15)24-9-11-7-14(23)22-12-5-3-4-6-13(12)25-16(22)19-11/h7,10H,3-6,8-9H2,1-2H3,(H,18,20). The molecule has 26 heavy (non-hydrogen) atoms. The summed E-state index contributed by atoms with van der Waals surface area (Å²) < 4.78 is 2.70. The van der Waals surface area contributed by atoms with Crippen molar-refractivity contribution in [1.82, 2.24) is 19.6 Å². The van der Waals surface area contributed by atoms with E-state index in [-0.39, 0.29) is 5.56 Å². The average molecular weight is 408 g/mol. The van der Waals surface area contributed by atoms with Crippen LogP contribution in [0.5, 0.6) is 0 Å². The first-order valence-electron chi connectivity index (χ1n) is 8.83. The van der Waals surface area contributed by atoms with Gasteiger partial charge in [0.25, 0.3) is 5.56 Å². The molecule has 0 bridgehead atoms. The average Bonchev–Trinajstić information content (AvgIpc) is 3.22. The second-order valence-electron chi connectivity index (χ2n) is 6.82. The maximum absolute atomic E-state index is 12.6. The van der Waals surface area contributed by atoms with Crippen LogP contribution < -0.4 is 10.9 Å². The molecule has 3 heterocycles. The van der Waals surface area contributed by atoms with Gasteiger partial charge in [-0.3, -0.25) is 9.20 Å². The number of aryl methyl sites for hydroxylation is 2. The number of hydrogen-bond acceptors (Lipinski definition) is 8. The van der Waals surface area contributed by atoms with Crippen LogP contribution in [0.25, 0.3) is 4.96 Å². The molecule has 9 heteroatoms. The van der Waals surface area contributed by atoms with Crippen molar-refractivity contribution in [3.63, 3.8) is 0 Å². The number of hydrogen-bond donors (Lipinski definition) is 1. The zero-order valence-corrected chi connectivity index (χ0v) is 17.3. The molecule has 4 rings (SSSR count). The molecule has 6 nitrogen and oxygen atoms in total.